The fourth-order valence-corrected chi connectivity index (χ4v) is 4.84. The third-order valence-electron chi connectivity index (χ3n) is 6.66. The average molecular weight is 522 g/mol. The Morgan fingerprint density at radius 3 is 2.47 bits per heavy atom. The minimum Gasteiger partial charge on any atom is -0.483 e. The van der Waals surface area contributed by atoms with Crippen LogP contribution >= 0.6 is 0 Å². The number of fused-ring (bicyclic) bond motifs is 5. The molecule has 0 aliphatic carbocycles. The van der Waals surface area contributed by atoms with Crippen LogP contribution in [-0.4, -0.2) is 51.8 Å². The summed E-state index contributed by atoms with van der Waals surface area (Å²) in [6, 6.07) is 10.6. The Labute approximate surface area is 217 Å². The smallest absolute Gasteiger partial charge is 0.483 e. The second kappa shape index (κ2) is 9.49. The highest BCUT2D eigenvalue weighted by Crippen LogP contribution is 2.47. The van der Waals surface area contributed by atoms with Crippen LogP contribution in [0.4, 0.5) is 4.79 Å². The molecule has 2 aromatic carbocycles. The van der Waals surface area contributed by atoms with E-state index in [1.54, 1.807) is 42.5 Å². The molecule has 0 saturated heterocycles. The molecule has 11 nitrogen and oxygen atoms in total. The number of ether oxygens (including phenoxy) is 4. The first-order chi connectivity index (χ1) is 18.1. The van der Waals surface area contributed by atoms with Crippen molar-refractivity contribution < 1.29 is 28.5 Å². The van der Waals surface area contributed by atoms with Crippen molar-refractivity contribution in [3.8, 4) is 17.2 Å². The summed E-state index contributed by atoms with van der Waals surface area (Å²) >= 11 is 0. The zero-order valence-electron chi connectivity index (χ0n) is 21.4. The van der Waals surface area contributed by atoms with Gasteiger partial charge >= 0.3 is 17.5 Å². The van der Waals surface area contributed by atoms with Gasteiger partial charge in [0.15, 0.2) is 5.78 Å². The van der Waals surface area contributed by atoms with Gasteiger partial charge in [-0.3, -0.25) is 4.79 Å². The maximum absolute atomic E-state index is 13.7. The quantitative estimate of drug-likeness (QED) is 0.160. The molecule has 0 saturated carbocycles. The first kappa shape index (κ1) is 25.3. The lowest BCUT2D eigenvalue weighted by molar-refractivity contribution is 0.0682. The number of nitrogens with zero attached hydrogens (tertiary/aromatic N) is 3. The number of hydrogen-bond acceptors (Lipinski definition) is 8. The molecule has 0 bridgehead atoms. The average Bonchev–Trinajstić information content (AvgIpc) is 3.13. The van der Waals surface area contributed by atoms with Crippen LogP contribution in [0.15, 0.2) is 63.7 Å². The minimum absolute atomic E-state index is 0.0505. The van der Waals surface area contributed by atoms with E-state index in [1.165, 1.54) is 23.4 Å². The van der Waals surface area contributed by atoms with Crippen LogP contribution in [0.1, 0.15) is 42.7 Å². The second-order valence-corrected chi connectivity index (χ2v) is 9.50. The van der Waals surface area contributed by atoms with Crippen LogP contribution < -0.4 is 20.9 Å². The van der Waals surface area contributed by atoms with Crippen molar-refractivity contribution in [2.45, 2.75) is 39.0 Å². The van der Waals surface area contributed by atoms with Gasteiger partial charge in [-0.25, -0.2) is 28.3 Å². The van der Waals surface area contributed by atoms with E-state index in [-0.39, 0.29) is 31.3 Å². The number of ketones is 1. The number of rotatable bonds is 6. The topological polar surface area (TPSA) is 120 Å². The van der Waals surface area contributed by atoms with Gasteiger partial charge in [-0.05, 0) is 62.7 Å². The van der Waals surface area contributed by atoms with Crippen LogP contribution in [0, 0.1) is 0 Å². The van der Waals surface area contributed by atoms with Gasteiger partial charge in [0, 0.05) is 24.3 Å². The summed E-state index contributed by atoms with van der Waals surface area (Å²) in [5.41, 5.74) is 0.469. The molecule has 3 aromatic rings. The molecule has 5 rings (SSSR count). The summed E-state index contributed by atoms with van der Waals surface area (Å²) in [5.74, 6) is 0.502. The molecule has 2 aliphatic rings. The summed E-state index contributed by atoms with van der Waals surface area (Å²) in [6.45, 7) is 5.68. The number of carbonyl (C=O) groups excluding carboxylic acids is 2. The summed E-state index contributed by atoms with van der Waals surface area (Å²) in [6.07, 6.45) is 1.02. The van der Waals surface area contributed by atoms with Gasteiger partial charge in [0.05, 0.1) is 18.8 Å². The van der Waals surface area contributed by atoms with Gasteiger partial charge < -0.3 is 18.9 Å². The van der Waals surface area contributed by atoms with Gasteiger partial charge in [0.2, 0.25) is 0 Å². The van der Waals surface area contributed by atoms with Crippen LogP contribution in [0.5, 0.6) is 11.5 Å². The lowest BCUT2D eigenvalue weighted by atomic mass is 9.83. The standard InChI is InChI=1S/C27H27N3O8/c1-16(31)17-5-7-18(8-6-17)29-24(32)28-12-11-21-23(30(28)25(29)33)20-10-9-19(15-22(20)38-27(21,2)3)37-26(34)36-14-13-35-4/h5-11,15,23H,12-14H2,1-4H3. The Bertz CT molecular complexity index is 1570. The van der Waals surface area contributed by atoms with Gasteiger partial charge in [-0.15, -0.1) is 0 Å². The SMILES string of the molecule is COCCOC(=O)Oc1ccc2c(c1)OC(C)(C)C1=CCn3c(=O)n(-c4ccc(C(C)=O)cc4)c(=O)n3C12. The Hall–Kier alpha value is -4.38. The first-order valence-electron chi connectivity index (χ1n) is 12.0. The predicted molar refractivity (Wildman–Crippen MR) is 136 cm³/mol. The number of carbonyl (C=O) groups is 2. The number of hydrogen-bond donors (Lipinski definition) is 0. The van der Waals surface area contributed by atoms with E-state index in [4.69, 9.17) is 18.9 Å². The van der Waals surface area contributed by atoms with Crippen molar-refractivity contribution in [2.75, 3.05) is 20.3 Å². The Kier molecular flexibility index (Phi) is 6.31. The lowest BCUT2D eigenvalue weighted by Crippen LogP contribution is -2.46. The van der Waals surface area contributed by atoms with Crippen molar-refractivity contribution in [1.82, 2.24) is 13.9 Å². The van der Waals surface area contributed by atoms with Crippen molar-refractivity contribution in [1.29, 1.82) is 0 Å². The normalized spacial score (nSPS) is 16.8. The molecule has 1 unspecified atom stereocenters. The van der Waals surface area contributed by atoms with Crippen LogP contribution in [-0.2, 0) is 16.0 Å². The molecule has 11 heteroatoms. The van der Waals surface area contributed by atoms with Crippen LogP contribution in [0.3, 0.4) is 0 Å². The van der Waals surface area contributed by atoms with Crippen molar-refractivity contribution in [3.63, 3.8) is 0 Å². The van der Waals surface area contributed by atoms with Gasteiger partial charge in [-0.2, -0.15) is 0 Å². The number of methoxy groups -OCH3 is 1. The summed E-state index contributed by atoms with van der Waals surface area (Å²) in [7, 11) is 1.49. The van der Waals surface area contributed by atoms with E-state index < -0.39 is 29.2 Å². The summed E-state index contributed by atoms with van der Waals surface area (Å²) in [4.78, 5) is 50.8. The maximum Gasteiger partial charge on any atom is 0.513 e. The monoisotopic (exact) mass is 521 g/mol. The van der Waals surface area contributed by atoms with Gasteiger partial charge in [0.1, 0.15) is 29.7 Å². The molecule has 1 atom stereocenters. The fourth-order valence-electron chi connectivity index (χ4n) is 4.84. The molecule has 0 N–H and O–H groups in total. The predicted octanol–water partition coefficient (Wildman–Crippen LogP) is 2.87. The molecule has 2 aliphatic heterocycles. The number of aromatic nitrogens is 3. The Balaban J connectivity index is 1.56. The van der Waals surface area contributed by atoms with Crippen LogP contribution in [0.25, 0.3) is 5.69 Å². The second-order valence-electron chi connectivity index (χ2n) is 9.50. The van der Waals surface area contributed by atoms with E-state index in [0.717, 1.165) is 10.1 Å². The van der Waals surface area contributed by atoms with E-state index in [1.807, 2.05) is 19.9 Å². The molecular weight excluding hydrogens is 494 g/mol. The number of benzene rings is 2. The van der Waals surface area contributed by atoms with Crippen molar-refractivity contribution in [2.24, 2.45) is 0 Å². The molecule has 3 heterocycles. The van der Waals surface area contributed by atoms with Crippen molar-refractivity contribution >= 4 is 11.9 Å². The Morgan fingerprint density at radius 2 is 1.79 bits per heavy atom. The molecule has 0 amide bonds. The number of Topliss-reactive ketones (excluding diaryl/α,β-unsaturated/α-hetero) is 1. The molecule has 0 radical (unpaired) electrons. The van der Waals surface area contributed by atoms with Crippen molar-refractivity contribution in [3.05, 3.63) is 86.2 Å². The summed E-state index contributed by atoms with van der Waals surface area (Å²) < 4.78 is 25.3. The highest BCUT2D eigenvalue weighted by atomic mass is 16.7. The third-order valence-corrected chi connectivity index (χ3v) is 6.66. The first-order valence-corrected chi connectivity index (χ1v) is 12.0. The minimum atomic E-state index is -0.881. The van der Waals surface area contributed by atoms with E-state index in [9.17, 15) is 19.2 Å². The summed E-state index contributed by atoms with van der Waals surface area (Å²) in [5, 5.41) is 0. The van der Waals surface area contributed by atoms with Gasteiger partial charge in [-0.1, -0.05) is 6.08 Å². The van der Waals surface area contributed by atoms with E-state index in [0.29, 0.717) is 22.6 Å². The van der Waals surface area contributed by atoms with Crippen LogP contribution in [0.2, 0.25) is 0 Å². The highest BCUT2D eigenvalue weighted by Gasteiger charge is 2.44. The lowest BCUT2D eigenvalue weighted by Gasteiger charge is -2.42. The molecule has 1 aromatic heterocycles. The molecule has 198 valence electrons. The molecule has 0 fully saturated rings. The van der Waals surface area contributed by atoms with Gasteiger partial charge in [0.25, 0.3) is 0 Å². The molecular formula is C27H27N3O8. The zero-order valence-corrected chi connectivity index (χ0v) is 21.4. The molecule has 38 heavy (non-hydrogen) atoms. The molecule has 0 spiro atoms. The number of allylic oxidation sites excluding steroid dienone is 1. The third kappa shape index (κ3) is 4.24. The largest absolute Gasteiger partial charge is 0.513 e. The Morgan fingerprint density at radius 1 is 1.05 bits per heavy atom. The van der Waals surface area contributed by atoms with E-state index in [2.05, 4.69) is 0 Å². The fraction of sp³-hybridized carbons (Fsp3) is 0.333. The maximum atomic E-state index is 13.7. The zero-order chi connectivity index (χ0) is 27.2. The highest BCUT2D eigenvalue weighted by molar-refractivity contribution is 5.94. The van der Waals surface area contributed by atoms with E-state index >= 15 is 0 Å².